The van der Waals surface area contributed by atoms with Crippen LogP contribution in [-0.2, 0) is 4.79 Å². The number of carbonyl (C=O) groups is 2. The van der Waals surface area contributed by atoms with E-state index in [0.717, 1.165) is 25.9 Å². The lowest BCUT2D eigenvalue weighted by Crippen LogP contribution is -2.56. The highest BCUT2D eigenvalue weighted by Crippen LogP contribution is 2.20. The predicted octanol–water partition coefficient (Wildman–Crippen LogP) is 1.27. The summed E-state index contributed by atoms with van der Waals surface area (Å²) in [6.07, 6.45) is 1.82. The van der Waals surface area contributed by atoms with Crippen molar-refractivity contribution >= 4 is 12.0 Å². The van der Waals surface area contributed by atoms with Gasteiger partial charge in [0, 0.05) is 12.6 Å². The highest BCUT2D eigenvalue weighted by molar-refractivity contribution is 5.83. The maximum absolute atomic E-state index is 12.4. The van der Waals surface area contributed by atoms with Crippen LogP contribution in [0.4, 0.5) is 4.79 Å². The molecule has 2 amide bonds. The Balaban J connectivity index is 2.72. The average Bonchev–Trinajstić information content (AvgIpc) is 2.36. The Morgan fingerprint density at radius 3 is 2.30 bits per heavy atom. The fourth-order valence-corrected chi connectivity index (χ4v) is 2.54. The van der Waals surface area contributed by atoms with Gasteiger partial charge >= 0.3 is 12.0 Å². The van der Waals surface area contributed by atoms with Crippen molar-refractivity contribution in [3.05, 3.63) is 0 Å². The average molecular weight is 285 g/mol. The summed E-state index contributed by atoms with van der Waals surface area (Å²) in [6.45, 7) is 9.75. The molecule has 6 nitrogen and oxygen atoms in total. The van der Waals surface area contributed by atoms with Gasteiger partial charge in [0.2, 0.25) is 0 Å². The standard InChI is InChI=1S/C14H27N3O3/c1-5-17(10-6-8-15-9-7-10)13(20)16-11(12(18)19)14(2,3)4/h10-11,15H,5-9H2,1-4H3,(H,16,20)(H,18,19). The molecule has 20 heavy (non-hydrogen) atoms. The molecule has 0 aromatic heterocycles. The van der Waals surface area contributed by atoms with E-state index in [9.17, 15) is 14.7 Å². The molecule has 1 rings (SSSR count). The molecular weight excluding hydrogens is 258 g/mol. The molecule has 1 unspecified atom stereocenters. The Morgan fingerprint density at radius 2 is 1.90 bits per heavy atom. The Bertz CT molecular complexity index is 346. The second-order valence-electron chi connectivity index (χ2n) is 6.35. The minimum absolute atomic E-state index is 0.190. The maximum Gasteiger partial charge on any atom is 0.326 e. The number of carboxylic acid groups (broad SMARTS) is 1. The van der Waals surface area contributed by atoms with Crippen molar-refractivity contribution in [2.75, 3.05) is 19.6 Å². The van der Waals surface area contributed by atoms with Crippen molar-refractivity contribution < 1.29 is 14.7 Å². The highest BCUT2D eigenvalue weighted by Gasteiger charge is 2.34. The molecule has 0 aromatic rings. The smallest absolute Gasteiger partial charge is 0.326 e. The van der Waals surface area contributed by atoms with E-state index < -0.39 is 17.4 Å². The van der Waals surface area contributed by atoms with Crippen LogP contribution in [0.2, 0.25) is 0 Å². The number of nitrogens with one attached hydrogen (secondary N) is 2. The lowest BCUT2D eigenvalue weighted by molar-refractivity contribution is -0.142. The molecule has 6 heteroatoms. The van der Waals surface area contributed by atoms with Gasteiger partial charge in [0.05, 0.1) is 0 Å². The molecule has 1 aliphatic rings. The van der Waals surface area contributed by atoms with E-state index in [1.165, 1.54) is 0 Å². The Kier molecular flexibility index (Phi) is 5.80. The lowest BCUT2D eigenvalue weighted by Gasteiger charge is -2.36. The number of carboxylic acids is 1. The largest absolute Gasteiger partial charge is 0.480 e. The zero-order valence-electron chi connectivity index (χ0n) is 12.9. The van der Waals surface area contributed by atoms with Crippen LogP contribution in [0.3, 0.4) is 0 Å². The van der Waals surface area contributed by atoms with Gasteiger partial charge in [-0.25, -0.2) is 9.59 Å². The number of carbonyl (C=O) groups excluding carboxylic acids is 1. The number of hydrogen-bond donors (Lipinski definition) is 3. The summed E-state index contributed by atoms with van der Waals surface area (Å²) >= 11 is 0. The molecule has 1 fully saturated rings. The topological polar surface area (TPSA) is 81.7 Å². The van der Waals surface area contributed by atoms with Gasteiger partial charge in [-0.3, -0.25) is 0 Å². The third-order valence-electron chi connectivity index (χ3n) is 3.73. The van der Waals surface area contributed by atoms with Crippen LogP contribution in [0.1, 0.15) is 40.5 Å². The van der Waals surface area contributed by atoms with Gasteiger partial charge in [0.1, 0.15) is 6.04 Å². The minimum Gasteiger partial charge on any atom is -0.480 e. The zero-order chi connectivity index (χ0) is 15.3. The number of rotatable bonds is 4. The van der Waals surface area contributed by atoms with E-state index in [1.54, 1.807) is 4.90 Å². The molecule has 0 spiro atoms. The van der Waals surface area contributed by atoms with Crippen molar-refractivity contribution in [3.8, 4) is 0 Å². The molecule has 1 heterocycles. The highest BCUT2D eigenvalue weighted by atomic mass is 16.4. The molecule has 1 atom stereocenters. The molecular formula is C14H27N3O3. The number of piperidine rings is 1. The summed E-state index contributed by atoms with van der Waals surface area (Å²) in [4.78, 5) is 25.4. The van der Waals surface area contributed by atoms with E-state index in [1.807, 2.05) is 27.7 Å². The first-order valence-electron chi connectivity index (χ1n) is 7.28. The molecule has 0 bridgehead atoms. The first-order chi connectivity index (χ1) is 9.27. The summed E-state index contributed by atoms with van der Waals surface area (Å²) in [5.74, 6) is -0.993. The van der Waals surface area contributed by atoms with E-state index >= 15 is 0 Å². The van der Waals surface area contributed by atoms with E-state index in [4.69, 9.17) is 0 Å². The van der Waals surface area contributed by atoms with Crippen molar-refractivity contribution in [2.24, 2.45) is 5.41 Å². The predicted molar refractivity (Wildman–Crippen MR) is 77.7 cm³/mol. The van der Waals surface area contributed by atoms with Gasteiger partial charge in [-0.05, 0) is 38.3 Å². The fraction of sp³-hybridized carbons (Fsp3) is 0.857. The van der Waals surface area contributed by atoms with E-state index in [-0.39, 0.29) is 12.1 Å². The number of hydrogen-bond acceptors (Lipinski definition) is 3. The van der Waals surface area contributed by atoms with E-state index in [0.29, 0.717) is 6.54 Å². The lowest BCUT2D eigenvalue weighted by atomic mass is 9.87. The van der Waals surface area contributed by atoms with Crippen LogP contribution in [0.5, 0.6) is 0 Å². The van der Waals surface area contributed by atoms with Gasteiger partial charge in [-0.15, -0.1) is 0 Å². The second kappa shape index (κ2) is 6.92. The van der Waals surface area contributed by atoms with Gasteiger partial charge in [-0.1, -0.05) is 20.8 Å². The molecule has 116 valence electrons. The van der Waals surface area contributed by atoms with Crippen LogP contribution in [0, 0.1) is 5.41 Å². The van der Waals surface area contributed by atoms with Gasteiger partial charge < -0.3 is 20.6 Å². The summed E-state index contributed by atoms with van der Waals surface area (Å²) in [6, 6.07) is -0.969. The van der Waals surface area contributed by atoms with Crippen LogP contribution < -0.4 is 10.6 Å². The van der Waals surface area contributed by atoms with Crippen molar-refractivity contribution in [2.45, 2.75) is 52.6 Å². The summed E-state index contributed by atoms with van der Waals surface area (Å²) in [7, 11) is 0. The number of amides is 2. The summed E-state index contributed by atoms with van der Waals surface area (Å²) in [5.41, 5.74) is -0.519. The normalized spacial score (nSPS) is 18.4. The zero-order valence-corrected chi connectivity index (χ0v) is 12.9. The number of urea groups is 1. The van der Waals surface area contributed by atoms with Gasteiger partial charge in [-0.2, -0.15) is 0 Å². The molecule has 0 aromatic carbocycles. The quantitative estimate of drug-likeness (QED) is 0.726. The van der Waals surface area contributed by atoms with Crippen molar-refractivity contribution in [1.82, 2.24) is 15.5 Å². The SMILES string of the molecule is CCN(C(=O)NC(C(=O)O)C(C)(C)C)C1CCNCC1. The molecule has 0 radical (unpaired) electrons. The Hall–Kier alpha value is -1.30. The minimum atomic E-state index is -0.993. The summed E-state index contributed by atoms with van der Waals surface area (Å²) < 4.78 is 0. The molecule has 1 aliphatic heterocycles. The fourth-order valence-electron chi connectivity index (χ4n) is 2.54. The van der Waals surface area contributed by atoms with Crippen molar-refractivity contribution in [1.29, 1.82) is 0 Å². The monoisotopic (exact) mass is 285 g/mol. The Labute approximate surface area is 120 Å². The number of nitrogens with zero attached hydrogens (tertiary/aromatic N) is 1. The third-order valence-corrected chi connectivity index (χ3v) is 3.73. The first kappa shape index (κ1) is 16.8. The van der Waals surface area contributed by atoms with Crippen LogP contribution in [0.15, 0.2) is 0 Å². The summed E-state index contributed by atoms with van der Waals surface area (Å²) in [5, 5.41) is 15.2. The van der Waals surface area contributed by atoms with Crippen LogP contribution in [-0.4, -0.2) is 53.7 Å². The molecule has 0 aliphatic carbocycles. The Morgan fingerprint density at radius 1 is 1.35 bits per heavy atom. The van der Waals surface area contributed by atoms with Crippen LogP contribution in [0.25, 0.3) is 0 Å². The molecule has 3 N–H and O–H groups in total. The maximum atomic E-state index is 12.4. The molecule has 0 saturated carbocycles. The number of aliphatic carboxylic acids is 1. The third kappa shape index (κ3) is 4.37. The first-order valence-corrected chi connectivity index (χ1v) is 7.28. The van der Waals surface area contributed by atoms with Crippen molar-refractivity contribution in [3.63, 3.8) is 0 Å². The van der Waals surface area contributed by atoms with E-state index in [2.05, 4.69) is 10.6 Å². The van der Waals surface area contributed by atoms with Gasteiger partial charge in [0.15, 0.2) is 0 Å². The molecule has 1 saturated heterocycles. The second-order valence-corrected chi connectivity index (χ2v) is 6.35. The van der Waals surface area contributed by atoms with Crippen LogP contribution >= 0.6 is 0 Å². The van der Waals surface area contributed by atoms with Gasteiger partial charge in [0.25, 0.3) is 0 Å².